The van der Waals surface area contributed by atoms with E-state index >= 15 is 0 Å². The highest BCUT2D eigenvalue weighted by atomic mass is 79.9. The molecule has 20 heavy (non-hydrogen) atoms. The number of carbonyl (C=O) groups excluding carboxylic acids is 1. The number of hydrogen-bond donors (Lipinski definition) is 1. The monoisotopic (exact) mass is 337 g/mol. The zero-order valence-electron chi connectivity index (χ0n) is 11.4. The lowest BCUT2D eigenvalue weighted by molar-refractivity contribution is 0.0954. The Morgan fingerprint density at radius 1 is 1.50 bits per heavy atom. The van der Waals surface area contributed by atoms with Gasteiger partial charge in [0.05, 0.1) is 17.8 Å². The topological polar surface area (TPSA) is 56.1 Å². The molecule has 0 saturated carbocycles. The summed E-state index contributed by atoms with van der Waals surface area (Å²) in [6.45, 7) is 0.578. The third-order valence-corrected chi connectivity index (χ3v) is 3.49. The first-order chi connectivity index (χ1) is 9.60. The summed E-state index contributed by atoms with van der Waals surface area (Å²) in [5.41, 5.74) is 1.70. The van der Waals surface area contributed by atoms with Gasteiger partial charge in [-0.25, -0.2) is 0 Å². The van der Waals surface area contributed by atoms with E-state index in [1.165, 1.54) is 0 Å². The normalized spacial score (nSPS) is 10.3. The van der Waals surface area contributed by atoms with Crippen molar-refractivity contribution >= 4 is 21.8 Å². The number of hydrogen-bond acceptors (Lipinski definition) is 3. The van der Waals surface area contributed by atoms with Crippen molar-refractivity contribution in [1.29, 1.82) is 0 Å². The van der Waals surface area contributed by atoms with Gasteiger partial charge in [-0.15, -0.1) is 0 Å². The summed E-state index contributed by atoms with van der Waals surface area (Å²) in [6, 6.07) is 5.25. The van der Waals surface area contributed by atoms with Crippen LogP contribution in [-0.4, -0.2) is 29.3 Å². The molecule has 0 aliphatic rings. The molecule has 2 rings (SSSR count). The van der Waals surface area contributed by atoms with Crippen molar-refractivity contribution in [3.05, 3.63) is 46.2 Å². The van der Waals surface area contributed by atoms with Gasteiger partial charge in [0, 0.05) is 25.4 Å². The summed E-state index contributed by atoms with van der Waals surface area (Å²) in [7, 11) is 3.46. The summed E-state index contributed by atoms with van der Waals surface area (Å²) in [5.74, 6) is 0.606. The Labute approximate surface area is 126 Å². The molecule has 2 aromatic rings. The molecular weight excluding hydrogens is 322 g/mol. The maximum absolute atomic E-state index is 12.0. The van der Waals surface area contributed by atoms with Crippen LogP contribution in [0.4, 0.5) is 0 Å². The van der Waals surface area contributed by atoms with E-state index in [1.54, 1.807) is 36.2 Å². The lowest BCUT2D eigenvalue weighted by Crippen LogP contribution is -2.25. The number of amides is 1. The molecule has 0 fully saturated rings. The van der Waals surface area contributed by atoms with Crippen molar-refractivity contribution in [1.82, 2.24) is 15.1 Å². The van der Waals surface area contributed by atoms with Gasteiger partial charge in [-0.1, -0.05) is 0 Å². The van der Waals surface area contributed by atoms with E-state index in [4.69, 9.17) is 4.74 Å². The van der Waals surface area contributed by atoms with Gasteiger partial charge >= 0.3 is 0 Å². The fourth-order valence-corrected chi connectivity index (χ4v) is 2.37. The third-order valence-electron chi connectivity index (χ3n) is 2.87. The fourth-order valence-electron chi connectivity index (χ4n) is 1.83. The van der Waals surface area contributed by atoms with Crippen LogP contribution < -0.4 is 10.1 Å². The highest BCUT2D eigenvalue weighted by Crippen LogP contribution is 2.25. The number of methoxy groups -OCH3 is 1. The van der Waals surface area contributed by atoms with Crippen LogP contribution >= 0.6 is 15.9 Å². The van der Waals surface area contributed by atoms with Crippen LogP contribution in [0.5, 0.6) is 5.75 Å². The molecule has 6 heteroatoms. The fraction of sp³-hybridized carbons (Fsp3) is 0.286. The lowest BCUT2D eigenvalue weighted by Gasteiger charge is -2.07. The summed E-state index contributed by atoms with van der Waals surface area (Å²) >= 11 is 3.37. The van der Waals surface area contributed by atoms with Crippen molar-refractivity contribution in [2.24, 2.45) is 7.05 Å². The molecule has 0 saturated heterocycles. The van der Waals surface area contributed by atoms with Gasteiger partial charge in [0.25, 0.3) is 5.91 Å². The number of rotatable bonds is 5. The number of benzene rings is 1. The molecule has 1 heterocycles. The average molecular weight is 338 g/mol. The molecule has 1 N–H and O–H groups in total. The van der Waals surface area contributed by atoms with Gasteiger partial charge in [-0.2, -0.15) is 5.10 Å². The molecular formula is C14H16BrN3O2. The molecule has 0 aliphatic carbocycles. The van der Waals surface area contributed by atoms with Gasteiger partial charge < -0.3 is 10.1 Å². The van der Waals surface area contributed by atoms with E-state index < -0.39 is 0 Å². The minimum absolute atomic E-state index is 0.0998. The smallest absolute Gasteiger partial charge is 0.251 e. The Kier molecular flexibility index (Phi) is 4.79. The summed E-state index contributed by atoms with van der Waals surface area (Å²) in [6.07, 6.45) is 4.50. The van der Waals surface area contributed by atoms with E-state index in [9.17, 15) is 4.79 Å². The SMILES string of the molecule is COc1ccc(C(=O)NCCc2cnn(C)c2)cc1Br. The van der Waals surface area contributed by atoms with Crippen LogP contribution in [0.1, 0.15) is 15.9 Å². The minimum atomic E-state index is -0.0998. The molecule has 0 unspecified atom stereocenters. The van der Waals surface area contributed by atoms with Crippen molar-refractivity contribution in [3.8, 4) is 5.75 Å². The Morgan fingerprint density at radius 3 is 2.90 bits per heavy atom. The second-order valence-electron chi connectivity index (χ2n) is 4.38. The zero-order chi connectivity index (χ0) is 14.5. The highest BCUT2D eigenvalue weighted by Gasteiger charge is 2.08. The van der Waals surface area contributed by atoms with E-state index in [0.29, 0.717) is 17.9 Å². The number of aromatic nitrogens is 2. The van der Waals surface area contributed by atoms with Crippen molar-refractivity contribution in [3.63, 3.8) is 0 Å². The first-order valence-electron chi connectivity index (χ1n) is 6.19. The maximum atomic E-state index is 12.0. The molecule has 0 spiro atoms. The predicted molar refractivity (Wildman–Crippen MR) is 79.9 cm³/mol. The first kappa shape index (κ1) is 14.6. The van der Waals surface area contributed by atoms with E-state index in [0.717, 1.165) is 16.5 Å². The van der Waals surface area contributed by atoms with Crippen LogP contribution in [0.15, 0.2) is 35.1 Å². The summed E-state index contributed by atoms with van der Waals surface area (Å²) in [5, 5.41) is 6.97. The van der Waals surface area contributed by atoms with Gasteiger partial charge in [0.15, 0.2) is 0 Å². The lowest BCUT2D eigenvalue weighted by atomic mass is 10.2. The molecule has 5 nitrogen and oxygen atoms in total. The quantitative estimate of drug-likeness (QED) is 0.909. The van der Waals surface area contributed by atoms with Crippen LogP contribution in [0.25, 0.3) is 0 Å². The Morgan fingerprint density at radius 2 is 2.30 bits per heavy atom. The Hall–Kier alpha value is -1.82. The predicted octanol–water partition coefficient (Wildman–Crippen LogP) is 2.16. The largest absolute Gasteiger partial charge is 0.496 e. The van der Waals surface area contributed by atoms with Crippen LogP contribution in [0.3, 0.4) is 0 Å². The second kappa shape index (κ2) is 6.56. The number of aryl methyl sites for hydroxylation is 1. The maximum Gasteiger partial charge on any atom is 0.251 e. The van der Waals surface area contributed by atoms with Crippen molar-refractivity contribution < 1.29 is 9.53 Å². The molecule has 0 radical (unpaired) electrons. The molecule has 1 aromatic carbocycles. The standard InChI is InChI=1S/C14H16BrN3O2/c1-18-9-10(8-17-18)5-6-16-14(19)11-3-4-13(20-2)12(15)7-11/h3-4,7-9H,5-6H2,1-2H3,(H,16,19). The molecule has 1 amide bonds. The second-order valence-corrected chi connectivity index (χ2v) is 5.23. The Balaban J connectivity index is 1.90. The number of carbonyl (C=O) groups is 1. The Bertz CT molecular complexity index is 610. The van der Waals surface area contributed by atoms with E-state index in [2.05, 4.69) is 26.3 Å². The van der Waals surface area contributed by atoms with Gasteiger partial charge in [0.1, 0.15) is 5.75 Å². The molecule has 0 atom stereocenters. The summed E-state index contributed by atoms with van der Waals surface area (Å²) in [4.78, 5) is 12.0. The summed E-state index contributed by atoms with van der Waals surface area (Å²) < 4.78 is 7.64. The number of nitrogens with zero attached hydrogens (tertiary/aromatic N) is 2. The van der Waals surface area contributed by atoms with E-state index in [1.807, 2.05) is 13.2 Å². The number of ether oxygens (including phenoxy) is 1. The van der Waals surface area contributed by atoms with Crippen LogP contribution in [0, 0.1) is 0 Å². The van der Waals surface area contributed by atoms with Gasteiger partial charge in [0.2, 0.25) is 0 Å². The third kappa shape index (κ3) is 3.60. The molecule has 0 aliphatic heterocycles. The number of halogens is 1. The highest BCUT2D eigenvalue weighted by molar-refractivity contribution is 9.10. The van der Waals surface area contributed by atoms with Gasteiger partial charge in [-0.3, -0.25) is 9.48 Å². The van der Waals surface area contributed by atoms with Crippen molar-refractivity contribution in [2.45, 2.75) is 6.42 Å². The zero-order valence-corrected chi connectivity index (χ0v) is 13.0. The van der Waals surface area contributed by atoms with Crippen LogP contribution in [0.2, 0.25) is 0 Å². The molecule has 0 bridgehead atoms. The molecule has 1 aromatic heterocycles. The minimum Gasteiger partial charge on any atom is -0.496 e. The molecule has 106 valence electrons. The van der Waals surface area contributed by atoms with Crippen molar-refractivity contribution in [2.75, 3.05) is 13.7 Å². The van der Waals surface area contributed by atoms with Gasteiger partial charge in [-0.05, 0) is 46.1 Å². The van der Waals surface area contributed by atoms with E-state index in [-0.39, 0.29) is 5.91 Å². The average Bonchev–Trinajstić information content (AvgIpc) is 2.84. The first-order valence-corrected chi connectivity index (χ1v) is 6.98. The van der Waals surface area contributed by atoms with Crippen LogP contribution in [-0.2, 0) is 13.5 Å². The number of nitrogens with one attached hydrogen (secondary N) is 1.